The van der Waals surface area contributed by atoms with E-state index in [0.29, 0.717) is 11.3 Å². The van der Waals surface area contributed by atoms with Gasteiger partial charge >= 0.3 is 0 Å². The number of aromatic nitrogens is 1. The summed E-state index contributed by atoms with van der Waals surface area (Å²) < 4.78 is 0. The molecule has 1 heterocycles. The molecule has 0 aliphatic carbocycles. The Morgan fingerprint density at radius 3 is 2.26 bits per heavy atom. The van der Waals surface area contributed by atoms with Gasteiger partial charge in [0.05, 0.1) is 0 Å². The van der Waals surface area contributed by atoms with Crippen LogP contribution in [0.15, 0.2) is 47.4 Å². The smallest absolute Gasteiger partial charge is 0.258 e. The van der Waals surface area contributed by atoms with Crippen molar-refractivity contribution in [2.45, 2.75) is 0 Å². The van der Waals surface area contributed by atoms with Gasteiger partial charge in [-0.1, -0.05) is 0 Å². The minimum atomic E-state index is -0.632. The number of anilines is 1. The van der Waals surface area contributed by atoms with Crippen LogP contribution in [0.4, 0.5) is 5.69 Å². The largest absolute Gasteiger partial charge is 0.399 e. The second-order valence-electron chi connectivity index (χ2n) is 3.85. The lowest BCUT2D eigenvalue weighted by molar-refractivity contribution is 0.0849. The number of hydrogen-bond donors (Lipinski definition) is 3. The highest BCUT2D eigenvalue weighted by Crippen LogP contribution is 2.05. The summed E-state index contributed by atoms with van der Waals surface area (Å²) >= 11 is 0. The van der Waals surface area contributed by atoms with E-state index in [9.17, 15) is 14.4 Å². The molecule has 19 heavy (non-hydrogen) atoms. The van der Waals surface area contributed by atoms with Crippen LogP contribution in [-0.4, -0.2) is 16.8 Å². The van der Waals surface area contributed by atoms with Gasteiger partial charge < -0.3 is 10.7 Å². The molecule has 0 fully saturated rings. The summed E-state index contributed by atoms with van der Waals surface area (Å²) in [5, 5.41) is 2.19. The van der Waals surface area contributed by atoms with E-state index in [4.69, 9.17) is 5.73 Å². The molecule has 1 aromatic carbocycles. The molecule has 0 unspecified atom stereocenters. The summed E-state index contributed by atoms with van der Waals surface area (Å²) in [5.41, 5.74) is 6.05. The Hall–Kier alpha value is -2.89. The van der Waals surface area contributed by atoms with E-state index in [-0.39, 0.29) is 5.56 Å². The van der Waals surface area contributed by atoms with Crippen LogP contribution >= 0.6 is 0 Å². The summed E-state index contributed by atoms with van der Waals surface area (Å²) in [6, 6.07) is 8.67. The van der Waals surface area contributed by atoms with Crippen LogP contribution in [0.3, 0.4) is 0 Å². The van der Waals surface area contributed by atoms with Crippen molar-refractivity contribution in [3.05, 3.63) is 64.1 Å². The SMILES string of the molecule is Nc1ccc(C(=O)NC(=O)c2cc[nH]c(=O)c2)cc1. The standard InChI is InChI=1S/C13H11N3O3/c14-10-3-1-8(2-4-10)12(18)16-13(19)9-5-6-15-11(17)7-9/h1-7H,14H2,(H,15,17)(H,16,18,19). The molecule has 6 heteroatoms. The van der Waals surface area contributed by atoms with Gasteiger partial charge in [-0.2, -0.15) is 0 Å². The Labute approximate surface area is 108 Å². The number of H-pyrrole nitrogens is 1. The lowest BCUT2D eigenvalue weighted by Crippen LogP contribution is -2.31. The first kappa shape index (κ1) is 12.6. The number of nitrogens with two attached hydrogens (primary N) is 1. The Balaban J connectivity index is 2.13. The number of hydrogen-bond acceptors (Lipinski definition) is 4. The molecule has 0 aliphatic heterocycles. The lowest BCUT2D eigenvalue weighted by Gasteiger charge is -2.04. The lowest BCUT2D eigenvalue weighted by atomic mass is 10.2. The third kappa shape index (κ3) is 3.06. The average molecular weight is 257 g/mol. The zero-order chi connectivity index (χ0) is 13.8. The van der Waals surface area contributed by atoms with Crippen molar-refractivity contribution in [3.63, 3.8) is 0 Å². The third-order valence-electron chi connectivity index (χ3n) is 2.44. The number of imide groups is 1. The highest BCUT2D eigenvalue weighted by molar-refractivity contribution is 6.10. The fourth-order valence-corrected chi connectivity index (χ4v) is 1.47. The molecule has 2 rings (SSSR count). The maximum absolute atomic E-state index is 11.8. The zero-order valence-corrected chi connectivity index (χ0v) is 9.84. The second-order valence-corrected chi connectivity index (χ2v) is 3.85. The predicted octanol–water partition coefficient (Wildman–Crippen LogP) is 0.527. The van der Waals surface area contributed by atoms with Crippen LogP contribution in [0.1, 0.15) is 20.7 Å². The zero-order valence-electron chi connectivity index (χ0n) is 9.84. The first-order valence-electron chi connectivity index (χ1n) is 5.46. The first-order valence-corrected chi connectivity index (χ1v) is 5.46. The summed E-state index contributed by atoms with van der Waals surface area (Å²) in [4.78, 5) is 36.9. The van der Waals surface area contributed by atoms with Gasteiger partial charge in [0.15, 0.2) is 0 Å². The topological polar surface area (TPSA) is 105 Å². The molecule has 0 spiro atoms. The number of benzene rings is 1. The van der Waals surface area contributed by atoms with E-state index < -0.39 is 17.4 Å². The number of nitrogen functional groups attached to an aromatic ring is 1. The summed E-state index contributed by atoms with van der Waals surface area (Å²) in [6.07, 6.45) is 1.34. The molecule has 0 radical (unpaired) electrons. The van der Waals surface area contributed by atoms with Gasteiger partial charge in [-0.05, 0) is 30.3 Å². The molecule has 1 aromatic heterocycles. The molecule has 2 aromatic rings. The third-order valence-corrected chi connectivity index (χ3v) is 2.44. The molecule has 0 saturated heterocycles. The Morgan fingerprint density at radius 1 is 1.00 bits per heavy atom. The fraction of sp³-hybridized carbons (Fsp3) is 0. The van der Waals surface area contributed by atoms with Gasteiger partial charge in [-0.3, -0.25) is 19.7 Å². The van der Waals surface area contributed by atoms with Crippen molar-refractivity contribution in [1.29, 1.82) is 0 Å². The number of nitrogens with one attached hydrogen (secondary N) is 2. The van der Waals surface area contributed by atoms with Crippen molar-refractivity contribution < 1.29 is 9.59 Å². The normalized spacial score (nSPS) is 9.89. The minimum absolute atomic E-state index is 0.118. The maximum Gasteiger partial charge on any atom is 0.258 e. The Bertz CT molecular complexity index is 674. The minimum Gasteiger partial charge on any atom is -0.399 e. The number of aromatic amines is 1. The van der Waals surface area contributed by atoms with Gasteiger partial charge in [0.25, 0.3) is 11.8 Å². The van der Waals surface area contributed by atoms with E-state index in [1.807, 2.05) is 0 Å². The molecule has 4 N–H and O–H groups in total. The molecular formula is C13H11N3O3. The van der Waals surface area contributed by atoms with Crippen LogP contribution in [0, 0.1) is 0 Å². The van der Waals surface area contributed by atoms with Crippen LogP contribution in [0.25, 0.3) is 0 Å². The molecule has 0 bridgehead atoms. The van der Waals surface area contributed by atoms with E-state index in [1.54, 1.807) is 12.1 Å². The van der Waals surface area contributed by atoms with E-state index in [0.717, 1.165) is 6.07 Å². The molecular weight excluding hydrogens is 246 g/mol. The Morgan fingerprint density at radius 2 is 1.63 bits per heavy atom. The monoisotopic (exact) mass is 257 g/mol. The molecule has 0 atom stereocenters. The van der Waals surface area contributed by atoms with Gasteiger partial charge in [0, 0.05) is 29.1 Å². The average Bonchev–Trinajstić information content (AvgIpc) is 2.39. The molecule has 0 aliphatic rings. The number of rotatable bonds is 2. The number of carbonyl (C=O) groups is 2. The molecule has 2 amide bonds. The van der Waals surface area contributed by atoms with E-state index in [2.05, 4.69) is 10.3 Å². The van der Waals surface area contributed by atoms with Crippen molar-refractivity contribution in [1.82, 2.24) is 10.3 Å². The van der Waals surface area contributed by atoms with E-state index >= 15 is 0 Å². The maximum atomic E-state index is 11.8. The molecule has 0 saturated carbocycles. The van der Waals surface area contributed by atoms with Crippen LogP contribution in [0.5, 0.6) is 0 Å². The van der Waals surface area contributed by atoms with Crippen LogP contribution < -0.4 is 16.6 Å². The van der Waals surface area contributed by atoms with Crippen molar-refractivity contribution in [2.24, 2.45) is 0 Å². The predicted molar refractivity (Wildman–Crippen MR) is 69.7 cm³/mol. The quantitative estimate of drug-likeness (QED) is 0.539. The van der Waals surface area contributed by atoms with Gasteiger partial charge in [0.2, 0.25) is 5.56 Å². The highest BCUT2D eigenvalue weighted by atomic mass is 16.2. The van der Waals surface area contributed by atoms with Gasteiger partial charge in [-0.15, -0.1) is 0 Å². The summed E-state index contributed by atoms with van der Waals surface area (Å²) in [5.74, 6) is -1.18. The van der Waals surface area contributed by atoms with E-state index in [1.165, 1.54) is 24.4 Å². The van der Waals surface area contributed by atoms with Crippen molar-refractivity contribution >= 4 is 17.5 Å². The van der Waals surface area contributed by atoms with Crippen molar-refractivity contribution in [2.75, 3.05) is 5.73 Å². The van der Waals surface area contributed by atoms with Crippen molar-refractivity contribution in [3.8, 4) is 0 Å². The number of carbonyl (C=O) groups excluding carboxylic acids is 2. The highest BCUT2D eigenvalue weighted by Gasteiger charge is 2.12. The summed E-state index contributed by atoms with van der Waals surface area (Å²) in [7, 11) is 0. The summed E-state index contributed by atoms with van der Waals surface area (Å²) in [6.45, 7) is 0. The Kier molecular flexibility index (Phi) is 3.42. The number of amides is 2. The number of pyridine rings is 1. The van der Waals surface area contributed by atoms with Crippen LogP contribution in [0.2, 0.25) is 0 Å². The fourth-order valence-electron chi connectivity index (χ4n) is 1.47. The van der Waals surface area contributed by atoms with Crippen LogP contribution in [-0.2, 0) is 0 Å². The van der Waals surface area contributed by atoms with Gasteiger partial charge in [-0.25, -0.2) is 0 Å². The molecule has 6 nitrogen and oxygen atoms in total. The molecule has 96 valence electrons. The first-order chi connectivity index (χ1) is 9.06. The van der Waals surface area contributed by atoms with Gasteiger partial charge in [0.1, 0.15) is 0 Å². The second kappa shape index (κ2) is 5.18.